The summed E-state index contributed by atoms with van der Waals surface area (Å²) in [5, 5.41) is 2.14. The summed E-state index contributed by atoms with van der Waals surface area (Å²) in [6, 6.07) is 12.9. The second-order valence-corrected chi connectivity index (χ2v) is 6.05. The number of benzene rings is 1. The Morgan fingerprint density at radius 2 is 1.80 bits per heavy atom. The molecule has 2 heterocycles. The number of rotatable bonds is 2. The fourth-order valence-electron chi connectivity index (χ4n) is 3.06. The minimum atomic E-state index is -0.200. The van der Waals surface area contributed by atoms with E-state index in [1.54, 1.807) is 11.3 Å². The lowest BCUT2D eigenvalue weighted by atomic mass is 9.84. The summed E-state index contributed by atoms with van der Waals surface area (Å²) < 4.78 is 11.6. The lowest BCUT2D eigenvalue weighted by molar-refractivity contribution is 0.00696. The summed E-state index contributed by atoms with van der Waals surface area (Å²) >= 11 is 1.80. The molecule has 1 aliphatic carbocycles. The molecule has 2 aromatic rings. The Hall–Kier alpha value is -1.42. The molecule has 1 fully saturated rings. The molecular weight excluding hydrogens is 268 g/mol. The third-order valence-electron chi connectivity index (χ3n) is 3.95. The maximum atomic E-state index is 5.80. The van der Waals surface area contributed by atoms with E-state index in [0.717, 1.165) is 12.8 Å². The second-order valence-electron chi connectivity index (χ2n) is 5.10. The highest BCUT2D eigenvalue weighted by molar-refractivity contribution is 7.11. The van der Waals surface area contributed by atoms with E-state index < -0.39 is 0 Å². The van der Waals surface area contributed by atoms with Crippen molar-refractivity contribution in [2.45, 2.75) is 19.1 Å². The van der Waals surface area contributed by atoms with Crippen LogP contribution in [0.3, 0.4) is 0 Å². The Morgan fingerprint density at radius 1 is 0.950 bits per heavy atom. The molecule has 2 aliphatic rings. The van der Waals surface area contributed by atoms with Gasteiger partial charge in [-0.25, -0.2) is 0 Å². The van der Waals surface area contributed by atoms with Crippen LogP contribution in [-0.2, 0) is 15.9 Å². The maximum absolute atomic E-state index is 5.80. The smallest absolute Gasteiger partial charge is 0.184 e. The zero-order chi connectivity index (χ0) is 13.4. The van der Waals surface area contributed by atoms with E-state index >= 15 is 0 Å². The van der Waals surface area contributed by atoms with Crippen molar-refractivity contribution >= 4 is 22.5 Å². The Balaban J connectivity index is 1.90. The molecule has 20 heavy (non-hydrogen) atoms. The summed E-state index contributed by atoms with van der Waals surface area (Å²) in [6.45, 7) is 1.38. The number of allylic oxidation sites excluding steroid dienone is 1. The third-order valence-corrected chi connectivity index (χ3v) is 4.88. The highest BCUT2D eigenvalue weighted by Gasteiger charge is 2.30. The first-order valence-corrected chi connectivity index (χ1v) is 7.90. The van der Waals surface area contributed by atoms with Gasteiger partial charge in [0.15, 0.2) is 6.29 Å². The van der Waals surface area contributed by atoms with Crippen molar-refractivity contribution in [2.75, 3.05) is 13.2 Å². The van der Waals surface area contributed by atoms with Gasteiger partial charge in [-0.1, -0.05) is 30.3 Å². The Morgan fingerprint density at radius 3 is 2.60 bits per heavy atom. The maximum Gasteiger partial charge on any atom is 0.184 e. The molecule has 0 radical (unpaired) electrons. The molecule has 0 spiro atoms. The highest BCUT2D eigenvalue weighted by atomic mass is 32.1. The first-order chi connectivity index (χ1) is 9.93. The van der Waals surface area contributed by atoms with Crippen LogP contribution in [0.5, 0.6) is 0 Å². The average Bonchev–Trinajstić information content (AvgIpc) is 3.19. The summed E-state index contributed by atoms with van der Waals surface area (Å²) in [6.07, 6.45) is 1.96. The van der Waals surface area contributed by atoms with Crippen LogP contribution in [0.4, 0.5) is 0 Å². The molecule has 0 saturated carbocycles. The van der Waals surface area contributed by atoms with E-state index in [-0.39, 0.29) is 6.29 Å². The zero-order valence-corrected chi connectivity index (χ0v) is 12.0. The van der Waals surface area contributed by atoms with Gasteiger partial charge in [0, 0.05) is 10.5 Å². The average molecular weight is 284 g/mol. The molecule has 0 bridgehead atoms. The SMILES string of the molecule is c1csc(C2=C(C3OCCO3)c3ccccc3CC2)c1. The van der Waals surface area contributed by atoms with Crippen LogP contribution in [0.1, 0.15) is 22.4 Å². The van der Waals surface area contributed by atoms with Crippen LogP contribution >= 0.6 is 11.3 Å². The van der Waals surface area contributed by atoms with E-state index in [1.165, 1.54) is 27.2 Å². The number of hydrogen-bond donors (Lipinski definition) is 0. The molecule has 3 heteroatoms. The first kappa shape index (κ1) is 12.3. The summed E-state index contributed by atoms with van der Waals surface area (Å²) in [7, 11) is 0. The minimum Gasteiger partial charge on any atom is -0.346 e. The molecule has 2 nitrogen and oxygen atoms in total. The van der Waals surface area contributed by atoms with E-state index in [2.05, 4.69) is 41.8 Å². The monoisotopic (exact) mass is 284 g/mol. The number of ether oxygens (including phenoxy) is 2. The van der Waals surface area contributed by atoms with Gasteiger partial charge in [-0.15, -0.1) is 11.3 Å². The van der Waals surface area contributed by atoms with Crippen LogP contribution in [0.15, 0.2) is 41.8 Å². The lowest BCUT2D eigenvalue weighted by Crippen LogP contribution is -2.17. The van der Waals surface area contributed by atoms with Gasteiger partial charge in [0.05, 0.1) is 13.2 Å². The van der Waals surface area contributed by atoms with Gasteiger partial charge in [-0.3, -0.25) is 0 Å². The minimum absolute atomic E-state index is 0.200. The number of hydrogen-bond acceptors (Lipinski definition) is 3. The number of fused-ring (bicyclic) bond motifs is 1. The highest BCUT2D eigenvalue weighted by Crippen LogP contribution is 2.41. The van der Waals surface area contributed by atoms with Crippen LogP contribution < -0.4 is 0 Å². The Labute approximate surface area is 122 Å². The summed E-state index contributed by atoms with van der Waals surface area (Å²) in [4.78, 5) is 1.34. The Bertz CT molecular complexity index is 637. The molecule has 1 aromatic heterocycles. The molecule has 0 unspecified atom stereocenters. The second kappa shape index (κ2) is 5.17. The van der Waals surface area contributed by atoms with Crippen molar-refractivity contribution in [2.24, 2.45) is 0 Å². The molecule has 1 aliphatic heterocycles. The lowest BCUT2D eigenvalue weighted by Gasteiger charge is -2.26. The van der Waals surface area contributed by atoms with Crippen molar-refractivity contribution in [3.05, 3.63) is 57.8 Å². The van der Waals surface area contributed by atoms with E-state index in [9.17, 15) is 0 Å². The first-order valence-electron chi connectivity index (χ1n) is 7.02. The van der Waals surface area contributed by atoms with Gasteiger partial charge in [0.25, 0.3) is 0 Å². The van der Waals surface area contributed by atoms with Crippen molar-refractivity contribution in [1.29, 1.82) is 0 Å². The normalized spacial score (nSPS) is 19.4. The molecule has 4 rings (SSSR count). The van der Waals surface area contributed by atoms with Crippen molar-refractivity contribution in [3.8, 4) is 0 Å². The quantitative estimate of drug-likeness (QED) is 0.830. The zero-order valence-electron chi connectivity index (χ0n) is 11.2. The third kappa shape index (κ3) is 2.03. The fraction of sp³-hybridized carbons (Fsp3) is 0.294. The fourth-order valence-corrected chi connectivity index (χ4v) is 3.87. The van der Waals surface area contributed by atoms with Gasteiger partial charge in [0.2, 0.25) is 0 Å². The predicted molar refractivity (Wildman–Crippen MR) is 81.6 cm³/mol. The van der Waals surface area contributed by atoms with Gasteiger partial charge in [-0.2, -0.15) is 0 Å². The van der Waals surface area contributed by atoms with Crippen LogP contribution in [0.2, 0.25) is 0 Å². The largest absolute Gasteiger partial charge is 0.346 e. The van der Waals surface area contributed by atoms with Crippen LogP contribution in [0.25, 0.3) is 11.1 Å². The molecule has 102 valence electrons. The Kier molecular flexibility index (Phi) is 3.19. The standard InChI is InChI=1S/C17H16O2S/c1-2-5-13-12(4-1)7-8-14(15-6-3-11-20-15)16(13)17-18-9-10-19-17/h1-6,11,17H,7-10H2. The van der Waals surface area contributed by atoms with Gasteiger partial charge >= 0.3 is 0 Å². The van der Waals surface area contributed by atoms with Gasteiger partial charge in [-0.05, 0) is 41.0 Å². The van der Waals surface area contributed by atoms with Crippen molar-refractivity contribution < 1.29 is 9.47 Å². The predicted octanol–water partition coefficient (Wildman–Crippen LogP) is 3.98. The van der Waals surface area contributed by atoms with Gasteiger partial charge < -0.3 is 9.47 Å². The van der Waals surface area contributed by atoms with E-state index in [0.29, 0.717) is 13.2 Å². The molecule has 0 N–H and O–H groups in total. The molecule has 0 atom stereocenters. The van der Waals surface area contributed by atoms with E-state index in [4.69, 9.17) is 9.47 Å². The van der Waals surface area contributed by atoms with E-state index in [1.807, 2.05) is 0 Å². The van der Waals surface area contributed by atoms with Crippen LogP contribution in [0, 0.1) is 0 Å². The number of aryl methyl sites for hydroxylation is 1. The van der Waals surface area contributed by atoms with Crippen molar-refractivity contribution in [3.63, 3.8) is 0 Å². The molecule has 0 amide bonds. The van der Waals surface area contributed by atoms with Crippen LogP contribution in [-0.4, -0.2) is 19.5 Å². The molecule has 1 saturated heterocycles. The van der Waals surface area contributed by atoms with Crippen molar-refractivity contribution in [1.82, 2.24) is 0 Å². The van der Waals surface area contributed by atoms with Gasteiger partial charge in [0.1, 0.15) is 0 Å². The summed E-state index contributed by atoms with van der Waals surface area (Å²) in [5.41, 5.74) is 5.34. The topological polar surface area (TPSA) is 18.5 Å². The summed E-state index contributed by atoms with van der Waals surface area (Å²) in [5.74, 6) is 0. The molecular formula is C17H16O2S. The number of thiophene rings is 1. The molecule has 1 aromatic carbocycles.